The molecule has 2 aromatic heterocycles. The maximum Gasteiger partial charge on any atom is 0.325 e. The summed E-state index contributed by atoms with van der Waals surface area (Å²) in [6.45, 7) is 1.86. The fourth-order valence-corrected chi connectivity index (χ4v) is 4.78. The van der Waals surface area contributed by atoms with Gasteiger partial charge in [0.1, 0.15) is 0 Å². The highest BCUT2D eigenvalue weighted by atomic mass is 79.9. The van der Waals surface area contributed by atoms with E-state index in [0.29, 0.717) is 10.5 Å². The Bertz CT molecular complexity index is 1050. The lowest BCUT2D eigenvalue weighted by Gasteiger charge is -2.20. The van der Waals surface area contributed by atoms with Gasteiger partial charge in [-0.05, 0) is 58.7 Å². The normalized spacial score (nSPS) is 20.0. The van der Waals surface area contributed by atoms with E-state index in [0.717, 1.165) is 19.6 Å². The number of hydrogen-bond donors (Lipinski definition) is 1. The van der Waals surface area contributed by atoms with Crippen molar-refractivity contribution in [1.29, 1.82) is 0 Å². The minimum Gasteiger partial charge on any atom is -0.319 e. The molecule has 5 nitrogen and oxygen atoms in total. The SMILES string of the molecule is CC1(c2ccc(Br)s2)NC(=O)N(Cc2ccc(Cl)c3cccnc23)C1=O. The molecular weight excluding hydrogens is 438 g/mol. The van der Waals surface area contributed by atoms with E-state index in [1.807, 2.05) is 18.2 Å². The molecule has 0 spiro atoms. The second kappa shape index (κ2) is 6.33. The van der Waals surface area contributed by atoms with E-state index in [1.54, 1.807) is 31.3 Å². The van der Waals surface area contributed by atoms with Crippen molar-refractivity contribution in [3.8, 4) is 0 Å². The molecule has 0 bridgehead atoms. The van der Waals surface area contributed by atoms with Crippen LogP contribution >= 0.6 is 38.9 Å². The Morgan fingerprint density at radius 1 is 1.27 bits per heavy atom. The molecular formula is C18H13BrClN3O2S. The van der Waals surface area contributed by atoms with Crippen LogP contribution in [0.4, 0.5) is 4.79 Å². The molecule has 132 valence electrons. The maximum atomic E-state index is 13.0. The fourth-order valence-electron chi connectivity index (χ4n) is 3.08. The number of amides is 3. The third-order valence-electron chi connectivity index (χ3n) is 4.47. The van der Waals surface area contributed by atoms with Crippen molar-refractivity contribution in [2.24, 2.45) is 0 Å². The lowest BCUT2D eigenvalue weighted by atomic mass is 10.0. The zero-order valence-electron chi connectivity index (χ0n) is 13.6. The van der Waals surface area contributed by atoms with Crippen LogP contribution < -0.4 is 5.32 Å². The third-order valence-corrected chi connectivity index (χ3v) is 6.64. The summed E-state index contributed by atoms with van der Waals surface area (Å²) in [5.41, 5.74) is 0.391. The Morgan fingerprint density at radius 3 is 2.81 bits per heavy atom. The van der Waals surface area contributed by atoms with Crippen molar-refractivity contribution in [1.82, 2.24) is 15.2 Å². The number of nitrogens with zero attached hydrogens (tertiary/aromatic N) is 2. The molecule has 4 rings (SSSR count). The molecule has 1 fully saturated rings. The van der Waals surface area contributed by atoms with Gasteiger partial charge in [0.2, 0.25) is 0 Å². The number of imide groups is 1. The summed E-state index contributed by atoms with van der Waals surface area (Å²) in [5, 5.41) is 4.20. The first kappa shape index (κ1) is 17.5. The lowest BCUT2D eigenvalue weighted by Crippen LogP contribution is -2.40. The van der Waals surface area contributed by atoms with Crippen molar-refractivity contribution in [2.75, 3.05) is 0 Å². The Morgan fingerprint density at radius 2 is 2.08 bits per heavy atom. The molecule has 1 aromatic carbocycles. The Kier molecular flexibility index (Phi) is 4.25. The monoisotopic (exact) mass is 449 g/mol. The van der Waals surface area contributed by atoms with Crippen LogP contribution in [0, 0.1) is 0 Å². The van der Waals surface area contributed by atoms with E-state index in [9.17, 15) is 9.59 Å². The van der Waals surface area contributed by atoms with E-state index in [1.165, 1.54) is 16.2 Å². The van der Waals surface area contributed by atoms with Gasteiger partial charge in [0, 0.05) is 21.5 Å². The van der Waals surface area contributed by atoms with Gasteiger partial charge >= 0.3 is 6.03 Å². The first-order valence-electron chi connectivity index (χ1n) is 7.82. The standard InChI is InChI=1S/C18H13BrClN3O2S/c1-18(13-6-7-14(19)26-13)16(24)23(17(25)22-18)9-10-4-5-12(20)11-3-2-8-21-15(10)11/h2-8H,9H2,1H3,(H,22,25). The molecule has 1 N–H and O–H groups in total. The topological polar surface area (TPSA) is 62.3 Å². The molecule has 26 heavy (non-hydrogen) atoms. The van der Waals surface area contributed by atoms with E-state index in [-0.39, 0.29) is 12.5 Å². The minimum atomic E-state index is -1.07. The van der Waals surface area contributed by atoms with Crippen molar-refractivity contribution in [3.63, 3.8) is 0 Å². The number of benzene rings is 1. The van der Waals surface area contributed by atoms with Gasteiger partial charge < -0.3 is 5.32 Å². The number of hydrogen-bond acceptors (Lipinski definition) is 4. The highest BCUT2D eigenvalue weighted by molar-refractivity contribution is 9.11. The van der Waals surface area contributed by atoms with Crippen LogP contribution in [0.25, 0.3) is 10.9 Å². The Labute approximate surface area is 167 Å². The lowest BCUT2D eigenvalue weighted by molar-refractivity contribution is -0.131. The number of halogens is 2. The predicted octanol–water partition coefficient (Wildman–Crippen LogP) is 4.68. The minimum absolute atomic E-state index is 0.136. The van der Waals surface area contributed by atoms with Crippen molar-refractivity contribution >= 4 is 61.7 Å². The van der Waals surface area contributed by atoms with Crippen molar-refractivity contribution in [3.05, 3.63) is 61.8 Å². The summed E-state index contributed by atoms with van der Waals surface area (Å²) in [7, 11) is 0. The number of pyridine rings is 1. The first-order valence-corrected chi connectivity index (χ1v) is 9.81. The van der Waals surface area contributed by atoms with Gasteiger partial charge in [-0.25, -0.2) is 4.79 Å². The van der Waals surface area contributed by atoms with Gasteiger partial charge in [0.15, 0.2) is 5.54 Å². The number of urea groups is 1. The number of carbonyl (C=O) groups excluding carboxylic acids is 2. The number of carbonyl (C=O) groups is 2. The van der Waals surface area contributed by atoms with Gasteiger partial charge in [0.25, 0.3) is 5.91 Å². The van der Waals surface area contributed by atoms with Crippen molar-refractivity contribution in [2.45, 2.75) is 19.0 Å². The zero-order valence-corrected chi connectivity index (χ0v) is 16.8. The second-order valence-electron chi connectivity index (χ2n) is 6.16. The number of fused-ring (bicyclic) bond motifs is 1. The Hall–Kier alpha value is -1.96. The summed E-state index contributed by atoms with van der Waals surface area (Å²) in [4.78, 5) is 32.0. The molecule has 1 aliphatic rings. The molecule has 1 aliphatic heterocycles. The quantitative estimate of drug-likeness (QED) is 0.589. The van der Waals surface area contributed by atoms with E-state index < -0.39 is 11.6 Å². The van der Waals surface area contributed by atoms with Crippen LogP contribution in [0.3, 0.4) is 0 Å². The summed E-state index contributed by atoms with van der Waals surface area (Å²) in [6.07, 6.45) is 1.67. The highest BCUT2D eigenvalue weighted by Gasteiger charge is 2.49. The maximum absolute atomic E-state index is 13.0. The number of nitrogens with one attached hydrogen (secondary N) is 1. The van der Waals surface area contributed by atoms with Crippen LogP contribution in [0.2, 0.25) is 5.02 Å². The van der Waals surface area contributed by atoms with Gasteiger partial charge in [-0.2, -0.15) is 0 Å². The largest absolute Gasteiger partial charge is 0.325 e. The van der Waals surface area contributed by atoms with E-state index in [4.69, 9.17) is 11.6 Å². The summed E-state index contributed by atoms with van der Waals surface area (Å²) in [6, 6.07) is 10.5. The van der Waals surface area contributed by atoms with Crippen LogP contribution in [0.5, 0.6) is 0 Å². The number of rotatable bonds is 3. The molecule has 1 atom stereocenters. The predicted molar refractivity (Wildman–Crippen MR) is 105 cm³/mol. The van der Waals surface area contributed by atoms with Gasteiger partial charge in [0.05, 0.1) is 15.8 Å². The molecule has 1 saturated heterocycles. The average molecular weight is 451 g/mol. The van der Waals surface area contributed by atoms with Gasteiger partial charge in [-0.1, -0.05) is 17.7 Å². The van der Waals surface area contributed by atoms with E-state index >= 15 is 0 Å². The smallest absolute Gasteiger partial charge is 0.319 e. The molecule has 3 heterocycles. The molecule has 3 aromatic rings. The zero-order chi connectivity index (χ0) is 18.5. The molecule has 8 heteroatoms. The van der Waals surface area contributed by atoms with E-state index in [2.05, 4.69) is 26.2 Å². The molecule has 1 unspecified atom stereocenters. The average Bonchev–Trinajstić information content (AvgIpc) is 3.15. The summed E-state index contributed by atoms with van der Waals surface area (Å²) < 4.78 is 0.905. The molecule has 0 saturated carbocycles. The van der Waals surface area contributed by atoms with Crippen LogP contribution in [0.15, 0.2) is 46.4 Å². The fraction of sp³-hybridized carbons (Fsp3) is 0.167. The van der Waals surface area contributed by atoms with Gasteiger partial charge in [-0.3, -0.25) is 14.7 Å². The Balaban J connectivity index is 1.71. The summed E-state index contributed by atoms with van der Waals surface area (Å²) >= 11 is 11.1. The number of aromatic nitrogens is 1. The van der Waals surface area contributed by atoms with Crippen molar-refractivity contribution < 1.29 is 9.59 Å². The van der Waals surface area contributed by atoms with Gasteiger partial charge in [-0.15, -0.1) is 11.3 Å². The van der Waals surface area contributed by atoms with Crippen LogP contribution in [-0.4, -0.2) is 21.8 Å². The second-order valence-corrected chi connectivity index (χ2v) is 9.03. The molecule has 3 amide bonds. The third kappa shape index (κ3) is 2.71. The van der Waals surface area contributed by atoms with Crippen LogP contribution in [0.1, 0.15) is 17.4 Å². The molecule has 0 radical (unpaired) electrons. The highest BCUT2D eigenvalue weighted by Crippen LogP contribution is 2.36. The number of thiophene rings is 1. The molecule has 0 aliphatic carbocycles. The summed E-state index contributed by atoms with van der Waals surface area (Å²) in [5.74, 6) is -0.282. The van der Waals surface area contributed by atoms with Crippen LogP contribution in [-0.2, 0) is 16.9 Å². The first-order chi connectivity index (χ1) is 12.4.